The van der Waals surface area contributed by atoms with Crippen LogP contribution in [0.15, 0.2) is 109 Å². The monoisotopic (exact) mass is 570 g/mol. The molecule has 4 atom stereocenters. The lowest BCUT2D eigenvalue weighted by molar-refractivity contribution is -0.146. The van der Waals surface area contributed by atoms with Crippen LogP contribution in [0.3, 0.4) is 0 Å². The molecule has 0 radical (unpaired) electrons. The molecule has 216 valence electrons. The lowest BCUT2D eigenvalue weighted by atomic mass is 9.50. The second kappa shape index (κ2) is 9.37. The smallest absolute Gasteiger partial charge is 0.239 e. The zero-order chi connectivity index (χ0) is 29.4. The summed E-state index contributed by atoms with van der Waals surface area (Å²) in [6, 6.07) is 36.2. The predicted molar refractivity (Wildman–Crippen MR) is 165 cm³/mol. The Hall–Kier alpha value is -4.26. The van der Waals surface area contributed by atoms with E-state index in [2.05, 4.69) is 12.1 Å². The Morgan fingerprint density at radius 3 is 1.37 bits per heavy atom. The number of carbonyl (C=O) groups is 2. The van der Waals surface area contributed by atoms with Gasteiger partial charge in [-0.3, -0.25) is 9.59 Å². The fraction of sp³-hybridized carbons (Fsp3) is 0.297. The normalized spacial score (nSPS) is 28.4. The molecule has 0 aromatic heterocycles. The van der Waals surface area contributed by atoms with E-state index in [0.717, 1.165) is 33.6 Å². The molecule has 2 amide bonds. The van der Waals surface area contributed by atoms with E-state index in [4.69, 9.17) is 9.47 Å². The van der Waals surface area contributed by atoms with E-state index in [1.807, 2.05) is 121 Å². The van der Waals surface area contributed by atoms with Crippen molar-refractivity contribution in [3.8, 4) is 0 Å². The van der Waals surface area contributed by atoms with Gasteiger partial charge in [0.25, 0.3) is 0 Å². The van der Waals surface area contributed by atoms with E-state index < -0.39 is 16.6 Å². The molecule has 4 aromatic rings. The van der Waals surface area contributed by atoms with Crippen molar-refractivity contribution in [3.05, 3.63) is 131 Å². The number of benzene rings is 4. The van der Waals surface area contributed by atoms with Crippen LogP contribution in [0.1, 0.15) is 48.9 Å². The zero-order valence-corrected chi connectivity index (χ0v) is 24.4. The van der Waals surface area contributed by atoms with Crippen LogP contribution in [0.25, 0.3) is 0 Å². The molecule has 2 fully saturated rings. The quantitative estimate of drug-likeness (QED) is 0.290. The number of para-hydroxylation sites is 2. The van der Waals surface area contributed by atoms with E-state index >= 15 is 9.59 Å². The van der Waals surface area contributed by atoms with E-state index in [-0.39, 0.29) is 24.0 Å². The molecule has 1 saturated heterocycles. The van der Waals surface area contributed by atoms with Gasteiger partial charge in [-0.05, 0) is 61.1 Å². The van der Waals surface area contributed by atoms with Crippen molar-refractivity contribution in [3.63, 3.8) is 0 Å². The molecule has 8 rings (SSSR count). The highest BCUT2D eigenvalue weighted by atomic mass is 16.8. The average Bonchev–Trinajstić information content (AvgIpc) is 3.54. The third-order valence-electron chi connectivity index (χ3n) is 9.93. The summed E-state index contributed by atoms with van der Waals surface area (Å²) in [5.41, 5.74) is 3.26. The molecule has 1 saturated carbocycles. The van der Waals surface area contributed by atoms with Gasteiger partial charge in [0.15, 0.2) is 5.79 Å². The lowest BCUT2D eigenvalue weighted by Crippen LogP contribution is -2.65. The molecule has 2 spiro atoms. The molecular weight excluding hydrogens is 536 g/mol. The molecular formula is C37H34N2O4. The highest BCUT2D eigenvalue weighted by molar-refractivity contribution is 6.19. The maximum Gasteiger partial charge on any atom is 0.239 e. The van der Waals surface area contributed by atoms with Gasteiger partial charge in [0.2, 0.25) is 11.8 Å². The van der Waals surface area contributed by atoms with Crippen LogP contribution in [0.4, 0.5) is 11.4 Å². The van der Waals surface area contributed by atoms with E-state index in [0.29, 0.717) is 25.9 Å². The number of anilines is 2. The van der Waals surface area contributed by atoms with Gasteiger partial charge in [-0.2, -0.15) is 0 Å². The Morgan fingerprint density at radius 1 is 0.581 bits per heavy atom. The Balaban J connectivity index is 1.36. The lowest BCUT2D eigenvalue weighted by Gasteiger charge is -2.50. The van der Waals surface area contributed by atoms with Crippen molar-refractivity contribution in [1.82, 2.24) is 0 Å². The number of nitrogens with zero attached hydrogens (tertiary/aromatic N) is 2. The fourth-order valence-electron chi connectivity index (χ4n) is 8.32. The maximum atomic E-state index is 15.3. The molecule has 3 heterocycles. The highest BCUT2D eigenvalue weighted by Crippen LogP contribution is 2.66. The summed E-state index contributed by atoms with van der Waals surface area (Å²) in [4.78, 5) is 34.5. The van der Waals surface area contributed by atoms with Crippen LogP contribution < -0.4 is 9.80 Å². The fourth-order valence-corrected chi connectivity index (χ4v) is 8.32. The minimum Gasteiger partial charge on any atom is -0.345 e. The van der Waals surface area contributed by atoms with Crippen LogP contribution in [0, 0.1) is 0 Å². The summed E-state index contributed by atoms with van der Waals surface area (Å²) >= 11 is 0. The highest BCUT2D eigenvalue weighted by Gasteiger charge is 2.75. The van der Waals surface area contributed by atoms with Gasteiger partial charge in [0.1, 0.15) is 0 Å². The number of carbonyl (C=O) groups excluding carboxylic acids is 2. The first kappa shape index (κ1) is 26.4. The SMILES string of the molecule is CC1(C)O[C@@H]2C[C@@]3(C(=O)N(Cc4ccccc4)c4ccccc43)[C@]3(C[C@H]2O1)C(=O)N(Cc1ccccc1)c1ccccc13. The van der Waals surface area contributed by atoms with Crippen LogP contribution >= 0.6 is 0 Å². The first-order valence-corrected chi connectivity index (χ1v) is 15.1. The predicted octanol–water partition coefficient (Wildman–Crippen LogP) is 6.27. The molecule has 3 aliphatic heterocycles. The van der Waals surface area contributed by atoms with Crippen molar-refractivity contribution >= 4 is 23.2 Å². The summed E-state index contributed by atoms with van der Waals surface area (Å²) in [6.45, 7) is 4.69. The summed E-state index contributed by atoms with van der Waals surface area (Å²) < 4.78 is 13.0. The number of hydrogen-bond acceptors (Lipinski definition) is 4. The van der Waals surface area contributed by atoms with Gasteiger partial charge in [-0.25, -0.2) is 0 Å². The topological polar surface area (TPSA) is 59.1 Å². The number of rotatable bonds is 4. The molecule has 0 bridgehead atoms. The van der Waals surface area contributed by atoms with Gasteiger partial charge in [-0.1, -0.05) is 97.1 Å². The number of ether oxygens (including phenoxy) is 2. The summed E-state index contributed by atoms with van der Waals surface area (Å²) in [6.07, 6.45) is 0.0815. The van der Waals surface area contributed by atoms with Crippen molar-refractivity contribution in [2.75, 3.05) is 9.80 Å². The molecule has 6 heteroatoms. The average molecular weight is 571 g/mol. The third-order valence-corrected chi connectivity index (χ3v) is 9.93. The molecule has 0 N–H and O–H groups in total. The number of fused-ring (bicyclic) bond motifs is 6. The van der Waals surface area contributed by atoms with Crippen molar-refractivity contribution in [1.29, 1.82) is 0 Å². The van der Waals surface area contributed by atoms with Crippen molar-refractivity contribution < 1.29 is 19.1 Å². The Kier molecular flexibility index (Phi) is 5.75. The largest absolute Gasteiger partial charge is 0.345 e. The Labute approximate surface area is 251 Å². The number of amides is 2. The van der Waals surface area contributed by atoms with Crippen LogP contribution in [-0.4, -0.2) is 29.8 Å². The van der Waals surface area contributed by atoms with Crippen LogP contribution in [0.2, 0.25) is 0 Å². The maximum absolute atomic E-state index is 15.3. The van der Waals surface area contributed by atoms with Gasteiger partial charge in [-0.15, -0.1) is 0 Å². The zero-order valence-electron chi connectivity index (χ0n) is 24.4. The van der Waals surface area contributed by atoms with Crippen LogP contribution in [0.5, 0.6) is 0 Å². The molecule has 1 aliphatic carbocycles. The molecule has 43 heavy (non-hydrogen) atoms. The van der Waals surface area contributed by atoms with Crippen molar-refractivity contribution in [2.45, 2.75) is 68.6 Å². The first-order valence-electron chi connectivity index (χ1n) is 15.1. The van der Waals surface area contributed by atoms with Gasteiger partial charge in [0, 0.05) is 11.4 Å². The van der Waals surface area contributed by atoms with Gasteiger partial charge < -0.3 is 19.3 Å². The third kappa shape index (κ3) is 3.66. The number of hydrogen-bond donors (Lipinski definition) is 0. The minimum atomic E-state index is -1.16. The second-order valence-electron chi connectivity index (χ2n) is 12.7. The van der Waals surface area contributed by atoms with Crippen molar-refractivity contribution in [2.24, 2.45) is 0 Å². The van der Waals surface area contributed by atoms with Gasteiger partial charge >= 0.3 is 0 Å². The van der Waals surface area contributed by atoms with E-state index in [1.54, 1.807) is 0 Å². The van der Waals surface area contributed by atoms with Gasteiger partial charge in [0.05, 0.1) is 36.1 Å². The standard InChI is InChI=1S/C37H34N2O4/c1-35(2)42-31-21-36(27-17-9-11-19-29(27)38(33(36)40)23-25-13-5-3-6-14-25)37(22-32(31)43-35)28-18-10-12-20-30(28)39(34(37)41)24-26-15-7-4-8-16-26/h3-20,31-32H,21-24H2,1-2H3/t31-,32-,36-,37+/m1/s1. The summed E-state index contributed by atoms with van der Waals surface area (Å²) in [7, 11) is 0. The molecule has 4 aromatic carbocycles. The molecule has 4 aliphatic rings. The minimum absolute atomic E-state index is 0.0472. The van der Waals surface area contributed by atoms with E-state index in [1.165, 1.54) is 0 Å². The van der Waals surface area contributed by atoms with Crippen LogP contribution in [-0.2, 0) is 43.0 Å². The Morgan fingerprint density at radius 2 is 0.953 bits per heavy atom. The summed E-state index contributed by atoms with van der Waals surface area (Å²) in [5.74, 6) is -0.902. The summed E-state index contributed by atoms with van der Waals surface area (Å²) in [5, 5.41) is 0. The van der Waals surface area contributed by atoms with E-state index in [9.17, 15) is 0 Å². The molecule has 6 nitrogen and oxygen atoms in total. The Bertz CT molecular complexity index is 1610. The first-order chi connectivity index (χ1) is 20.8. The second-order valence-corrected chi connectivity index (χ2v) is 12.7. The molecule has 0 unspecified atom stereocenters.